The number of benzene rings is 5. The minimum Gasteiger partial charge on any atom is -0.311 e. The van der Waals surface area contributed by atoms with Gasteiger partial charge in [-0.3, -0.25) is 0 Å². The molecule has 3 atom stereocenters. The molecule has 12 rings (SSSR count). The highest BCUT2D eigenvalue weighted by Crippen LogP contribution is 2.57. The Morgan fingerprint density at radius 2 is 1.14 bits per heavy atom. The van der Waals surface area contributed by atoms with Gasteiger partial charge in [0.25, 0.3) is 6.71 Å². The lowest BCUT2D eigenvalue weighted by atomic mass is 9.35. The summed E-state index contributed by atoms with van der Waals surface area (Å²) in [6.45, 7) is 41.7. The van der Waals surface area contributed by atoms with Crippen LogP contribution in [0.5, 0.6) is 0 Å². The smallest absolute Gasteiger partial charge is 0.264 e. The second-order valence-electron chi connectivity index (χ2n) is 28.0. The first-order chi connectivity index (χ1) is 32.1. The van der Waals surface area contributed by atoms with E-state index in [0.29, 0.717) is 11.8 Å². The third-order valence-corrected chi connectivity index (χ3v) is 20.3. The zero-order valence-electron chi connectivity index (χ0n) is 45.2. The summed E-state index contributed by atoms with van der Waals surface area (Å²) in [5.41, 5.74) is 24.5. The zero-order valence-corrected chi connectivity index (χ0v) is 46.0. The molecule has 4 aliphatic carbocycles. The third kappa shape index (κ3) is 6.54. The van der Waals surface area contributed by atoms with Crippen LogP contribution in [-0.2, 0) is 37.9 Å². The Bertz CT molecular complexity index is 3210. The molecule has 0 radical (unpaired) electrons. The first kappa shape index (κ1) is 45.6. The molecule has 0 N–H and O–H groups in total. The van der Waals surface area contributed by atoms with E-state index in [-0.39, 0.29) is 44.6 Å². The number of aryl methyl sites for hydroxylation is 1. The molecule has 1 aromatic heterocycles. The second kappa shape index (κ2) is 14.1. The fourth-order valence-corrected chi connectivity index (χ4v) is 15.6. The first-order valence-electron chi connectivity index (χ1n) is 26.6. The fraction of sp³-hybridized carbons (Fsp3) is 0.477. The molecule has 0 fully saturated rings. The van der Waals surface area contributed by atoms with Gasteiger partial charge in [0.2, 0.25) is 0 Å². The molecule has 6 aliphatic rings. The van der Waals surface area contributed by atoms with Gasteiger partial charge in [0, 0.05) is 48.7 Å². The normalized spacial score (nSPS) is 24.1. The molecule has 4 heteroatoms. The highest BCUT2D eigenvalue weighted by molar-refractivity contribution is 7.33. The van der Waals surface area contributed by atoms with Crippen LogP contribution in [0.3, 0.4) is 0 Å². The van der Waals surface area contributed by atoms with Crippen LogP contribution in [0, 0.1) is 12.8 Å². The van der Waals surface area contributed by atoms with Crippen LogP contribution >= 0.6 is 11.3 Å². The van der Waals surface area contributed by atoms with Crippen molar-refractivity contribution in [2.24, 2.45) is 5.92 Å². The molecule has 69 heavy (non-hydrogen) atoms. The molecule has 0 amide bonds. The van der Waals surface area contributed by atoms with Gasteiger partial charge in [-0.15, -0.1) is 11.3 Å². The summed E-state index contributed by atoms with van der Waals surface area (Å²) in [5, 5.41) is 1.42. The van der Waals surface area contributed by atoms with E-state index in [2.05, 4.69) is 224 Å². The molecule has 5 aromatic carbocycles. The van der Waals surface area contributed by atoms with Gasteiger partial charge in [-0.2, -0.15) is 0 Å². The fourth-order valence-electron chi connectivity index (χ4n) is 14.2. The van der Waals surface area contributed by atoms with Crippen LogP contribution in [-0.4, -0.2) is 6.71 Å². The average Bonchev–Trinajstić information content (AvgIpc) is 3.83. The van der Waals surface area contributed by atoms with Gasteiger partial charge in [0.15, 0.2) is 0 Å². The Morgan fingerprint density at radius 3 is 1.75 bits per heavy atom. The quantitative estimate of drug-likeness (QED) is 0.126. The van der Waals surface area contributed by atoms with Crippen molar-refractivity contribution in [2.75, 3.05) is 9.80 Å². The predicted molar refractivity (Wildman–Crippen MR) is 302 cm³/mol. The first-order valence-corrected chi connectivity index (χ1v) is 27.4. The van der Waals surface area contributed by atoms with Crippen LogP contribution in [0.15, 0.2) is 84.9 Å². The molecule has 2 aliphatic heterocycles. The van der Waals surface area contributed by atoms with Gasteiger partial charge in [0.1, 0.15) is 0 Å². The van der Waals surface area contributed by atoms with Crippen molar-refractivity contribution in [3.05, 3.63) is 135 Å². The molecule has 2 nitrogen and oxygen atoms in total. The molecule has 0 spiro atoms. The van der Waals surface area contributed by atoms with Crippen molar-refractivity contribution in [2.45, 2.75) is 194 Å². The van der Waals surface area contributed by atoms with Crippen LogP contribution in [0.1, 0.15) is 199 Å². The topological polar surface area (TPSA) is 6.48 Å². The summed E-state index contributed by atoms with van der Waals surface area (Å²) in [7, 11) is 0. The van der Waals surface area contributed by atoms with Gasteiger partial charge >= 0.3 is 0 Å². The largest absolute Gasteiger partial charge is 0.311 e. The number of hydrogen-bond acceptors (Lipinski definition) is 3. The molecular formula is C65H77BN2S. The van der Waals surface area contributed by atoms with Crippen molar-refractivity contribution < 1.29 is 0 Å². The van der Waals surface area contributed by atoms with Gasteiger partial charge in [-0.1, -0.05) is 141 Å². The summed E-state index contributed by atoms with van der Waals surface area (Å²) in [5.74, 6) is 1.11. The SMILES string of the molecule is Cc1cc2c3c(c1)N(c1ccc4c(c1)C(C)(C)CCC4(C)C)c1c(sc4cc5c(cc14)[C@]1(C)C=CC(C1)C5C)B3c1cc3c(cc1N2c1cc(C(C)(C)C)cc(C(C)(C)C)c1)C(C)(C)CCC3(C)C. The molecule has 3 heterocycles. The Balaban J connectivity index is 1.22. The predicted octanol–water partition coefficient (Wildman–Crippen LogP) is 16.5. The molecular weight excluding hydrogens is 852 g/mol. The van der Waals surface area contributed by atoms with E-state index in [1.54, 1.807) is 11.1 Å². The maximum atomic E-state index is 2.77. The van der Waals surface area contributed by atoms with E-state index in [1.807, 2.05) is 0 Å². The Kier molecular flexibility index (Phi) is 9.33. The summed E-state index contributed by atoms with van der Waals surface area (Å²) >= 11 is 2.09. The number of rotatable bonds is 2. The van der Waals surface area contributed by atoms with Crippen molar-refractivity contribution in [1.29, 1.82) is 0 Å². The van der Waals surface area contributed by atoms with Crippen LogP contribution in [0.25, 0.3) is 10.1 Å². The summed E-state index contributed by atoms with van der Waals surface area (Å²) in [4.78, 5) is 5.50. The Labute approximate surface area is 420 Å². The highest BCUT2D eigenvalue weighted by Gasteiger charge is 2.50. The van der Waals surface area contributed by atoms with Gasteiger partial charge in [-0.25, -0.2) is 0 Å². The molecule has 356 valence electrons. The van der Waals surface area contributed by atoms with E-state index in [9.17, 15) is 0 Å². The van der Waals surface area contributed by atoms with Gasteiger partial charge in [-0.05, 0) is 199 Å². The van der Waals surface area contributed by atoms with Crippen molar-refractivity contribution in [1.82, 2.24) is 0 Å². The average molecular weight is 929 g/mol. The number of thiophene rings is 1. The summed E-state index contributed by atoms with van der Waals surface area (Å²) in [6.07, 6.45) is 11.1. The Morgan fingerprint density at radius 1 is 0.580 bits per heavy atom. The minimum atomic E-state index is -0.0222. The van der Waals surface area contributed by atoms with E-state index in [0.717, 1.165) is 0 Å². The van der Waals surface area contributed by atoms with E-state index < -0.39 is 0 Å². The van der Waals surface area contributed by atoms with E-state index in [1.165, 1.54) is 131 Å². The molecule has 2 bridgehead atoms. The second-order valence-corrected chi connectivity index (χ2v) is 29.1. The monoisotopic (exact) mass is 929 g/mol. The van der Waals surface area contributed by atoms with Crippen LogP contribution < -0.4 is 25.5 Å². The number of anilines is 6. The number of fused-ring (bicyclic) bond motifs is 12. The summed E-state index contributed by atoms with van der Waals surface area (Å²) in [6, 6.07) is 31.1. The number of nitrogens with zero attached hydrogens (tertiary/aromatic N) is 2. The third-order valence-electron chi connectivity index (χ3n) is 19.1. The van der Waals surface area contributed by atoms with Crippen molar-refractivity contribution in [3.8, 4) is 0 Å². The Hall–Kier alpha value is -4.54. The molecule has 2 unspecified atom stereocenters. The maximum Gasteiger partial charge on any atom is 0.264 e. The maximum absolute atomic E-state index is 2.77. The highest BCUT2D eigenvalue weighted by atomic mass is 32.1. The van der Waals surface area contributed by atoms with Crippen molar-refractivity contribution >= 4 is 78.0 Å². The lowest BCUT2D eigenvalue weighted by Gasteiger charge is -2.47. The van der Waals surface area contributed by atoms with Crippen molar-refractivity contribution in [3.63, 3.8) is 0 Å². The molecule has 0 saturated heterocycles. The molecule has 6 aromatic rings. The number of allylic oxidation sites excluding steroid dienone is 2. The zero-order chi connectivity index (χ0) is 49.1. The molecule has 0 saturated carbocycles. The summed E-state index contributed by atoms with van der Waals surface area (Å²) < 4.78 is 2.93. The lowest BCUT2D eigenvalue weighted by molar-refractivity contribution is 0.332. The lowest BCUT2D eigenvalue weighted by Crippen LogP contribution is -2.61. The van der Waals surface area contributed by atoms with Gasteiger partial charge in [0.05, 0.1) is 5.69 Å². The standard InChI is InChI=1S/C65H77BN2S/c1-37-26-53-56-54(27-37)68(42-18-19-46-48(31-42)62(11,12)23-22-61(46,9)10)57-45-32-47-44(38(2)39-20-21-65(47,17)36-39)33-55(45)69-58(57)66(56)51-34-49-50(64(15,16)25-24-63(49,13)14)35-52(51)67(53)43-29-40(59(3,4)5)28-41(30-43)60(6,7)8/h18-21,26-35,38-39H,22-25,36H2,1-17H3/t38?,39?,65-/m1/s1. The van der Waals surface area contributed by atoms with Crippen LogP contribution in [0.4, 0.5) is 34.1 Å². The van der Waals surface area contributed by atoms with Gasteiger partial charge < -0.3 is 9.80 Å². The number of hydrogen-bond donors (Lipinski definition) is 0. The van der Waals surface area contributed by atoms with E-state index in [4.69, 9.17) is 0 Å². The van der Waals surface area contributed by atoms with E-state index >= 15 is 0 Å². The van der Waals surface area contributed by atoms with Crippen LogP contribution in [0.2, 0.25) is 0 Å². The minimum absolute atomic E-state index is 0.0222.